The first-order valence-corrected chi connectivity index (χ1v) is 11.8. The molecule has 2 aromatic carbocycles. The minimum absolute atomic E-state index is 0.0403. The van der Waals surface area contributed by atoms with Crippen LogP contribution in [-0.2, 0) is 11.2 Å². The van der Waals surface area contributed by atoms with E-state index in [1.54, 1.807) is 17.0 Å². The second-order valence-electron chi connectivity index (χ2n) is 8.69. The molecule has 13 heteroatoms. The van der Waals surface area contributed by atoms with Crippen molar-refractivity contribution in [1.29, 1.82) is 0 Å². The number of alkyl halides is 3. The number of hydrogen-bond acceptors (Lipinski definition) is 8. The number of nitrogens with two attached hydrogens (primary N) is 3. The van der Waals surface area contributed by atoms with Crippen molar-refractivity contribution in [3.63, 3.8) is 0 Å². The largest absolute Gasteiger partial charge is 0.573 e. The molecule has 0 unspecified atom stereocenters. The summed E-state index contributed by atoms with van der Waals surface area (Å²) in [5.41, 5.74) is 13.1. The molecule has 1 heterocycles. The lowest BCUT2D eigenvalue weighted by Gasteiger charge is -2.32. The van der Waals surface area contributed by atoms with E-state index in [0.29, 0.717) is 42.8 Å². The Morgan fingerprint density at radius 3 is 2.34 bits per heavy atom. The van der Waals surface area contributed by atoms with Gasteiger partial charge in [0.25, 0.3) is 5.91 Å². The monoisotopic (exact) mass is 537 g/mol. The molecule has 2 aromatic rings. The fraction of sp³-hybridized carbons (Fsp3) is 0.360. The van der Waals surface area contributed by atoms with Crippen molar-refractivity contribution in [2.45, 2.75) is 31.7 Å². The quantitative estimate of drug-likeness (QED) is 0.264. The highest BCUT2D eigenvalue weighted by atomic mass is 19.4. The second kappa shape index (κ2) is 12.5. The van der Waals surface area contributed by atoms with Gasteiger partial charge in [0.05, 0.1) is 30.8 Å². The van der Waals surface area contributed by atoms with Crippen LogP contribution in [0.25, 0.3) is 5.70 Å². The van der Waals surface area contributed by atoms with Crippen molar-refractivity contribution < 1.29 is 37.3 Å². The molecule has 0 atom stereocenters. The number of aliphatic hydroxyl groups is 1. The number of ether oxygens (including phenoxy) is 2. The first-order chi connectivity index (χ1) is 17.9. The maximum atomic E-state index is 12.7. The Morgan fingerprint density at radius 2 is 1.76 bits per heavy atom. The van der Waals surface area contributed by atoms with Gasteiger partial charge in [-0.3, -0.25) is 9.59 Å². The standard InChI is InChI=1S/C25H30F3N5O5/c26-25(27,28)38-19-4-1-16(2-5-19)13-23(35)32-9-7-18(8-10-32)37-22-6-3-17(14-20(22)24(30)36)21(29)15-33(31)11-12-34/h1-6,14-15,18,34H,7-13,29,31H2,(H2,30,36)/b21-15-. The van der Waals surface area contributed by atoms with Crippen molar-refractivity contribution in [2.24, 2.45) is 17.3 Å². The first kappa shape index (κ1) is 28.6. The average Bonchev–Trinajstić information content (AvgIpc) is 2.85. The molecular weight excluding hydrogens is 507 g/mol. The summed E-state index contributed by atoms with van der Waals surface area (Å²) in [7, 11) is 0. The molecule has 0 saturated carbocycles. The minimum Gasteiger partial charge on any atom is -0.489 e. The summed E-state index contributed by atoms with van der Waals surface area (Å²) in [6.07, 6.45) is -2.56. The van der Waals surface area contributed by atoms with Crippen LogP contribution in [0.2, 0.25) is 0 Å². The van der Waals surface area contributed by atoms with Crippen LogP contribution in [0, 0.1) is 0 Å². The van der Waals surface area contributed by atoms with Gasteiger partial charge < -0.3 is 36.0 Å². The summed E-state index contributed by atoms with van der Waals surface area (Å²) < 4.78 is 46.8. The number of amides is 2. The lowest BCUT2D eigenvalue weighted by Crippen LogP contribution is -2.42. The zero-order chi connectivity index (χ0) is 27.9. The summed E-state index contributed by atoms with van der Waals surface area (Å²) in [5.74, 6) is 4.79. The molecule has 10 nitrogen and oxygen atoms in total. The van der Waals surface area contributed by atoms with E-state index < -0.39 is 12.3 Å². The van der Waals surface area contributed by atoms with Crippen LogP contribution in [0.1, 0.15) is 34.3 Å². The predicted molar refractivity (Wildman–Crippen MR) is 132 cm³/mol. The molecule has 206 valence electrons. The number of benzene rings is 2. The highest BCUT2D eigenvalue weighted by Gasteiger charge is 2.31. The van der Waals surface area contributed by atoms with Gasteiger partial charge in [-0.25, -0.2) is 5.84 Å². The normalized spacial score (nSPS) is 14.8. The Kier molecular flexibility index (Phi) is 9.42. The maximum absolute atomic E-state index is 12.7. The Bertz CT molecular complexity index is 1150. The second-order valence-corrected chi connectivity index (χ2v) is 8.69. The zero-order valence-electron chi connectivity index (χ0n) is 20.5. The molecule has 3 rings (SSSR count). The summed E-state index contributed by atoms with van der Waals surface area (Å²) in [4.78, 5) is 26.4. The summed E-state index contributed by atoms with van der Waals surface area (Å²) >= 11 is 0. The molecule has 0 radical (unpaired) electrons. The first-order valence-electron chi connectivity index (χ1n) is 11.8. The summed E-state index contributed by atoms with van der Waals surface area (Å²) in [6, 6.07) is 9.93. The van der Waals surface area contributed by atoms with E-state index in [-0.39, 0.29) is 48.6 Å². The third-order valence-corrected chi connectivity index (χ3v) is 5.84. The predicted octanol–water partition coefficient (Wildman–Crippen LogP) is 1.72. The van der Waals surface area contributed by atoms with E-state index >= 15 is 0 Å². The maximum Gasteiger partial charge on any atom is 0.573 e. The van der Waals surface area contributed by atoms with E-state index in [4.69, 9.17) is 27.2 Å². The molecule has 0 bridgehead atoms. The van der Waals surface area contributed by atoms with Gasteiger partial charge in [-0.2, -0.15) is 0 Å². The van der Waals surface area contributed by atoms with E-state index in [9.17, 15) is 22.8 Å². The number of halogens is 3. The van der Waals surface area contributed by atoms with Crippen LogP contribution in [0.3, 0.4) is 0 Å². The fourth-order valence-corrected chi connectivity index (χ4v) is 3.94. The third kappa shape index (κ3) is 8.28. The molecule has 0 aliphatic carbocycles. The third-order valence-electron chi connectivity index (χ3n) is 5.84. The molecule has 1 saturated heterocycles. The lowest BCUT2D eigenvalue weighted by atomic mass is 10.0. The highest BCUT2D eigenvalue weighted by Crippen LogP contribution is 2.27. The lowest BCUT2D eigenvalue weighted by molar-refractivity contribution is -0.274. The van der Waals surface area contributed by atoms with Gasteiger partial charge in [0.15, 0.2) is 0 Å². The topological polar surface area (TPSA) is 157 Å². The molecule has 0 aromatic heterocycles. The van der Waals surface area contributed by atoms with Crippen LogP contribution in [0.4, 0.5) is 13.2 Å². The number of hydrazine groups is 1. The number of aliphatic hydroxyl groups excluding tert-OH is 1. The SMILES string of the molecule is NC(=O)c1cc(/C(N)=C/N(N)CCO)ccc1OC1CCN(C(=O)Cc2ccc(OC(F)(F)F)cc2)CC1. The molecular formula is C25H30F3N5O5. The van der Waals surface area contributed by atoms with Crippen molar-refractivity contribution in [1.82, 2.24) is 9.91 Å². The molecule has 38 heavy (non-hydrogen) atoms. The summed E-state index contributed by atoms with van der Waals surface area (Å²) in [5, 5.41) is 10.2. The summed E-state index contributed by atoms with van der Waals surface area (Å²) in [6.45, 7) is 0.845. The van der Waals surface area contributed by atoms with Gasteiger partial charge in [-0.05, 0) is 41.5 Å². The zero-order valence-corrected chi connectivity index (χ0v) is 20.5. The molecule has 2 amide bonds. The van der Waals surface area contributed by atoms with Crippen molar-refractivity contribution in [3.8, 4) is 11.5 Å². The van der Waals surface area contributed by atoms with Gasteiger partial charge in [-0.1, -0.05) is 12.1 Å². The van der Waals surface area contributed by atoms with E-state index in [1.807, 2.05) is 0 Å². The van der Waals surface area contributed by atoms with Crippen LogP contribution < -0.4 is 26.8 Å². The van der Waals surface area contributed by atoms with Crippen molar-refractivity contribution in [2.75, 3.05) is 26.2 Å². The number of carbonyl (C=O) groups excluding carboxylic acids is 2. The number of rotatable bonds is 10. The number of primary amides is 1. The number of hydrogen-bond donors (Lipinski definition) is 4. The van der Waals surface area contributed by atoms with E-state index in [1.165, 1.54) is 41.5 Å². The average molecular weight is 538 g/mol. The Hall–Kier alpha value is -3.97. The van der Waals surface area contributed by atoms with Crippen molar-refractivity contribution >= 4 is 17.5 Å². The minimum atomic E-state index is -4.78. The highest BCUT2D eigenvalue weighted by molar-refractivity contribution is 5.96. The van der Waals surface area contributed by atoms with Crippen LogP contribution in [0.5, 0.6) is 11.5 Å². The number of nitrogens with zero attached hydrogens (tertiary/aromatic N) is 2. The van der Waals surface area contributed by atoms with Crippen LogP contribution in [0.15, 0.2) is 48.7 Å². The van der Waals surface area contributed by atoms with Crippen molar-refractivity contribution in [3.05, 3.63) is 65.4 Å². The van der Waals surface area contributed by atoms with Gasteiger partial charge >= 0.3 is 6.36 Å². The van der Waals surface area contributed by atoms with Crippen LogP contribution >= 0.6 is 0 Å². The molecule has 0 spiro atoms. The van der Waals surface area contributed by atoms with Gasteiger partial charge in [0, 0.05) is 32.1 Å². The number of likely N-dealkylation sites (tertiary alicyclic amines) is 1. The molecule has 1 aliphatic rings. The van der Waals surface area contributed by atoms with E-state index in [0.717, 1.165) is 0 Å². The Labute approximate surface area is 217 Å². The number of piperidine rings is 1. The molecule has 7 N–H and O–H groups in total. The van der Waals surface area contributed by atoms with Crippen LogP contribution in [-0.4, -0.2) is 65.5 Å². The Morgan fingerprint density at radius 1 is 1.11 bits per heavy atom. The fourth-order valence-electron chi connectivity index (χ4n) is 3.94. The van der Waals surface area contributed by atoms with E-state index in [2.05, 4.69) is 4.74 Å². The van der Waals surface area contributed by atoms with Gasteiger partial charge in [-0.15, -0.1) is 13.2 Å². The number of carbonyl (C=O) groups is 2. The smallest absolute Gasteiger partial charge is 0.489 e. The Balaban J connectivity index is 1.57. The molecule has 1 fully saturated rings. The molecule has 1 aliphatic heterocycles. The van der Waals surface area contributed by atoms with Gasteiger partial charge in [0.1, 0.15) is 17.6 Å². The van der Waals surface area contributed by atoms with Gasteiger partial charge in [0.2, 0.25) is 5.91 Å².